The monoisotopic (exact) mass is 291 g/mol. The van der Waals surface area contributed by atoms with Crippen molar-refractivity contribution in [2.75, 3.05) is 5.75 Å². The van der Waals surface area contributed by atoms with Crippen LogP contribution in [-0.2, 0) is 6.54 Å². The Hall–Kier alpha value is -1.77. The van der Waals surface area contributed by atoms with Gasteiger partial charge in [-0.15, -0.1) is 5.10 Å². The van der Waals surface area contributed by atoms with Gasteiger partial charge >= 0.3 is 11.5 Å². The predicted molar refractivity (Wildman–Crippen MR) is 63.0 cm³/mol. The molecule has 1 N–H and O–H groups in total. The summed E-state index contributed by atoms with van der Waals surface area (Å²) in [5.74, 6) is -1.36. The van der Waals surface area contributed by atoms with Gasteiger partial charge in [-0.1, -0.05) is 11.3 Å². The predicted octanol–water partition coefficient (Wildman–Crippen LogP) is 2.38. The van der Waals surface area contributed by atoms with Gasteiger partial charge in [0.15, 0.2) is 0 Å². The number of carbonyl (C=O) groups is 1. The number of aryl methyl sites for hydroxylation is 1. The highest BCUT2D eigenvalue weighted by atomic mass is 32.2. The first-order valence-corrected chi connectivity index (χ1v) is 6.13. The second kappa shape index (κ2) is 5.08. The molecule has 0 atom stereocenters. The van der Waals surface area contributed by atoms with E-state index in [-0.39, 0.29) is 35.1 Å². The zero-order valence-electron chi connectivity index (χ0n) is 9.39. The Morgan fingerprint density at radius 1 is 1.42 bits per heavy atom. The molecule has 2 aromatic rings. The maximum Gasteiger partial charge on any atom is 0.441 e. The summed E-state index contributed by atoms with van der Waals surface area (Å²) in [5.41, 5.74) is -3.73. The van der Waals surface area contributed by atoms with E-state index in [1.165, 1.54) is 16.8 Å². The maximum atomic E-state index is 12.0. The second-order valence-corrected chi connectivity index (χ2v) is 4.75. The number of benzene rings is 1. The molecule has 1 heterocycles. The number of aromatic nitrogens is 3. The molecule has 2 rings (SSSR count). The van der Waals surface area contributed by atoms with Crippen LogP contribution in [0.4, 0.5) is 13.2 Å². The van der Waals surface area contributed by atoms with Gasteiger partial charge in [0.05, 0.1) is 17.6 Å². The molecule has 0 fully saturated rings. The van der Waals surface area contributed by atoms with Crippen LogP contribution in [0.1, 0.15) is 10.4 Å². The Labute approximate surface area is 109 Å². The van der Waals surface area contributed by atoms with E-state index < -0.39 is 11.5 Å². The van der Waals surface area contributed by atoms with Crippen molar-refractivity contribution in [3.63, 3.8) is 0 Å². The van der Waals surface area contributed by atoms with Crippen LogP contribution in [0.5, 0.6) is 0 Å². The summed E-state index contributed by atoms with van der Waals surface area (Å²) in [4.78, 5) is 10.9. The number of carboxylic acids is 1. The number of fused-ring (bicyclic) bond motifs is 1. The van der Waals surface area contributed by atoms with E-state index in [9.17, 15) is 18.0 Å². The topological polar surface area (TPSA) is 68.0 Å². The molecule has 19 heavy (non-hydrogen) atoms. The van der Waals surface area contributed by atoms with Gasteiger partial charge in [0.1, 0.15) is 5.52 Å². The van der Waals surface area contributed by atoms with Gasteiger partial charge in [-0.25, -0.2) is 9.48 Å². The first-order chi connectivity index (χ1) is 8.88. The normalized spacial score (nSPS) is 11.9. The Bertz CT molecular complexity index is 612. The van der Waals surface area contributed by atoms with Gasteiger partial charge in [0, 0.05) is 5.75 Å². The van der Waals surface area contributed by atoms with Crippen LogP contribution in [-0.4, -0.2) is 37.3 Å². The van der Waals surface area contributed by atoms with E-state index in [1.54, 1.807) is 6.07 Å². The van der Waals surface area contributed by atoms with Gasteiger partial charge in [-0.3, -0.25) is 0 Å². The van der Waals surface area contributed by atoms with E-state index in [2.05, 4.69) is 10.3 Å². The first kappa shape index (κ1) is 13.7. The molecule has 1 aromatic carbocycles. The number of aromatic carboxylic acids is 1. The number of hydrogen-bond donors (Lipinski definition) is 1. The molecule has 5 nitrogen and oxygen atoms in total. The third-order valence-corrected chi connectivity index (χ3v) is 3.06. The zero-order valence-corrected chi connectivity index (χ0v) is 10.2. The molecule has 1 aromatic heterocycles. The average Bonchev–Trinajstić information content (AvgIpc) is 2.70. The van der Waals surface area contributed by atoms with Crippen LogP contribution >= 0.6 is 11.8 Å². The molecule has 102 valence electrons. The van der Waals surface area contributed by atoms with E-state index in [0.717, 1.165) is 0 Å². The SMILES string of the molecule is O=C(O)c1cccc2c1nnn2CCSC(F)(F)F. The lowest BCUT2D eigenvalue weighted by Gasteiger charge is -2.05. The standard InChI is InChI=1S/C10H8F3N3O2S/c11-10(12,13)19-5-4-16-7-3-1-2-6(9(17)18)8(7)14-15-16/h1-3H,4-5H2,(H,17,18). The van der Waals surface area contributed by atoms with Crippen molar-refractivity contribution >= 4 is 28.8 Å². The number of nitrogens with zero attached hydrogens (tertiary/aromatic N) is 3. The summed E-state index contributed by atoms with van der Waals surface area (Å²) < 4.78 is 37.3. The smallest absolute Gasteiger partial charge is 0.441 e. The lowest BCUT2D eigenvalue weighted by molar-refractivity contribution is -0.0328. The summed E-state index contributed by atoms with van der Waals surface area (Å²) in [5, 5.41) is 16.3. The highest BCUT2D eigenvalue weighted by Gasteiger charge is 2.27. The first-order valence-electron chi connectivity index (χ1n) is 5.14. The van der Waals surface area contributed by atoms with E-state index in [0.29, 0.717) is 5.52 Å². The van der Waals surface area contributed by atoms with Crippen molar-refractivity contribution in [1.82, 2.24) is 15.0 Å². The minimum atomic E-state index is -4.29. The second-order valence-electron chi connectivity index (χ2n) is 3.59. The maximum absolute atomic E-state index is 12.0. The van der Waals surface area contributed by atoms with Gasteiger partial charge in [0.25, 0.3) is 0 Å². The zero-order chi connectivity index (χ0) is 14.0. The molecule has 0 saturated heterocycles. The Morgan fingerprint density at radius 3 is 2.79 bits per heavy atom. The Kier molecular flexibility index (Phi) is 3.65. The molecule has 0 unspecified atom stereocenters. The molecule has 0 amide bonds. The lowest BCUT2D eigenvalue weighted by Crippen LogP contribution is -2.08. The fourth-order valence-corrected chi connectivity index (χ4v) is 2.07. The van der Waals surface area contributed by atoms with Crippen molar-refractivity contribution in [3.8, 4) is 0 Å². The molecular weight excluding hydrogens is 283 g/mol. The Balaban J connectivity index is 2.22. The summed E-state index contributed by atoms with van der Waals surface area (Å²) in [6, 6.07) is 4.44. The largest absolute Gasteiger partial charge is 0.478 e. The molecule has 9 heteroatoms. The van der Waals surface area contributed by atoms with Gasteiger partial charge in [-0.2, -0.15) is 13.2 Å². The molecular formula is C10H8F3N3O2S. The minimum Gasteiger partial charge on any atom is -0.478 e. The minimum absolute atomic E-state index is 0.00372. The third kappa shape index (κ3) is 3.16. The molecule has 0 bridgehead atoms. The number of thioether (sulfide) groups is 1. The van der Waals surface area contributed by atoms with Crippen LogP contribution in [0.2, 0.25) is 0 Å². The van der Waals surface area contributed by atoms with Crippen molar-refractivity contribution in [3.05, 3.63) is 23.8 Å². The summed E-state index contributed by atoms with van der Waals surface area (Å²) in [6.07, 6.45) is 0. The summed E-state index contributed by atoms with van der Waals surface area (Å²) in [6.45, 7) is 0.00372. The molecule has 0 saturated carbocycles. The van der Waals surface area contributed by atoms with Crippen LogP contribution in [0.25, 0.3) is 11.0 Å². The van der Waals surface area contributed by atoms with Crippen LogP contribution in [0, 0.1) is 0 Å². The van der Waals surface area contributed by atoms with E-state index in [1.807, 2.05) is 0 Å². The van der Waals surface area contributed by atoms with Gasteiger partial charge < -0.3 is 5.11 Å². The van der Waals surface area contributed by atoms with Crippen molar-refractivity contribution in [2.45, 2.75) is 12.1 Å². The van der Waals surface area contributed by atoms with Crippen molar-refractivity contribution < 1.29 is 23.1 Å². The Morgan fingerprint density at radius 2 is 2.16 bits per heavy atom. The number of hydrogen-bond acceptors (Lipinski definition) is 4. The van der Waals surface area contributed by atoms with E-state index >= 15 is 0 Å². The molecule has 0 spiro atoms. The van der Waals surface area contributed by atoms with Crippen LogP contribution in [0.3, 0.4) is 0 Å². The molecule has 0 aliphatic carbocycles. The van der Waals surface area contributed by atoms with Gasteiger partial charge in [0.2, 0.25) is 0 Å². The highest BCUT2D eigenvalue weighted by Crippen LogP contribution is 2.30. The van der Waals surface area contributed by atoms with Crippen molar-refractivity contribution in [2.24, 2.45) is 0 Å². The van der Waals surface area contributed by atoms with Crippen LogP contribution < -0.4 is 0 Å². The highest BCUT2D eigenvalue weighted by molar-refractivity contribution is 8.00. The lowest BCUT2D eigenvalue weighted by atomic mass is 10.2. The van der Waals surface area contributed by atoms with Gasteiger partial charge in [-0.05, 0) is 23.9 Å². The fraction of sp³-hybridized carbons (Fsp3) is 0.300. The number of carboxylic acid groups (broad SMARTS) is 1. The molecule has 0 aliphatic heterocycles. The molecule has 0 radical (unpaired) electrons. The molecule has 0 aliphatic rings. The average molecular weight is 291 g/mol. The number of rotatable bonds is 4. The summed E-state index contributed by atoms with van der Waals surface area (Å²) in [7, 11) is 0. The number of halogens is 3. The third-order valence-electron chi connectivity index (χ3n) is 2.34. The van der Waals surface area contributed by atoms with E-state index in [4.69, 9.17) is 5.11 Å². The number of alkyl halides is 3. The fourth-order valence-electron chi connectivity index (χ4n) is 1.58. The summed E-state index contributed by atoms with van der Waals surface area (Å²) >= 11 is -0.154. The van der Waals surface area contributed by atoms with Crippen molar-refractivity contribution in [1.29, 1.82) is 0 Å². The van der Waals surface area contributed by atoms with Crippen LogP contribution in [0.15, 0.2) is 18.2 Å². The quantitative estimate of drug-likeness (QED) is 0.936.